The molecule has 0 atom stereocenters. The van der Waals surface area contributed by atoms with Gasteiger partial charge < -0.3 is 5.32 Å². The number of rotatable bonds is 8. The zero-order valence-corrected chi connectivity index (χ0v) is 11.9. The molecule has 0 amide bonds. The minimum absolute atomic E-state index is 0.870. The van der Waals surface area contributed by atoms with Crippen molar-refractivity contribution in [2.24, 2.45) is 0 Å². The average molecular weight is 247 g/mol. The Bertz CT molecular complexity index is 374. The van der Waals surface area contributed by atoms with Crippen LogP contribution in [-0.2, 0) is 6.54 Å². The number of nitrogens with one attached hydrogen (secondary N) is 1. The zero-order chi connectivity index (χ0) is 13.4. The van der Waals surface area contributed by atoms with E-state index in [1.807, 2.05) is 13.0 Å². The number of pyridine rings is 1. The molecular formula is C15H25N3. The third kappa shape index (κ3) is 5.94. The molecule has 0 saturated heterocycles. The Kier molecular flexibility index (Phi) is 6.61. The first-order valence-electron chi connectivity index (χ1n) is 6.60. The fraction of sp³-hybridized carbons (Fsp3) is 0.533. The Labute approximate surface area is 111 Å². The molecule has 0 fully saturated rings. The lowest BCUT2D eigenvalue weighted by molar-refractivity contribution is 0.347. The summed E-state index contributed by atoms with van der Waals surface area (Å²) in [6.45, 7) is 12.0. The van der Waals surface area contributed by atoms with E-state index in [0.29, 0.717) is 0 Å². The highest BCUT2D eigenvalue weighted by Gasteiger charge is 2.03. The molecule has 0 saturated carbocycles. The Morgan fingerprint density at radius 3 is 2.89 bits per heavy atom. The van der Waals surface area contributed by atoms with Crippen LogP contribution in [0, 0.1) is 6.92 Å². The van der Waals surface area contributed by atoms with Crippen molar-refractivity contribution in [3.8, 4) is 0 Å². The van der Waals surface area contributed by atoms with Gasteiger partial charge in [0.25, 0.3) is 0 Å². The van der Waals surface area contributed by atoms with Crippen LogP contribution in [0.25, 0.3) is 0 Å². The second kappa shape index (κ2) is 8.01. The summed E-state index contributed by atoms with van der Waals surface area (Å²) in [6.07, 6.45) is 1.16. The van der Waals surface area contributed by atoms with E-state index in [2.05, 4.69) is 47.9 Å². The smallest absolute Gasteiger partial charge is 0.0547 e. The van der Waals surface area contributed by atoms with Crippen LogP contribution in [0.4, 0.5) is 0 Å². The number of hydrogen-bond donors (Lipinski definition) is 1. The molecule has 3 heteroatoms. The quantitative estimate of drug-likeness (QED) is 0.565. The average Bonchev–Trinajstić information content (AvgIpc) is 2.29. The summed E-state index contributed by atoms with van der Waals surface area (Å²) in [7, 11) is 2.11. The first-order chi connectivity index (χ1) is 8.61. The number of aromatic nitrogens is 1. The van der Waals surface area contributed by atoms with Crippen LogP contribution >= 0.6 is 0 Å². The van der Waals surface area contributed by atoms with Gasteiger partial charge in [-0.3, -0.25) is 9.88 Å². The summed E-state index contributed by atoms with van der Waals surface area (Å²) < 4.78 is 0. The van der Waals surface area contributed by atoms with Gasteiger partial charge in [0, 0.05) is 25.3 Å². The Morgan fingerprint density at radius 1 is 1.44 bits per heavy atom. The molecule has 1 aromatic heterocycles. The zero-order valence-electron chi connectivity index (χ0n) is 11.9. The van der Waals surface area contributed by atoms with Crippen LogP contribution in [0.5, 0.6) is 0 Å². The van der Waals surface area contributed by atoms with Crippen LogP contribution in [0.3, 0.4) is 0 Å². The second-order valence-electron chi connectivity index (χ2n) is 4.87. The fourth-order valence-electron chi connectivity index (χ4n) is 1.90. The summed E-state index contributed by atoms with van der Waals surface area (Å²) in [5.74, 6) is 0. The lowest BCUT2D eigenvalue weighted by Crippen LogP contribution is -2.26. The summed E-state index contributed by atoms with van der Waals surface area (Å²) in [5, 5.41) is 3.37. The number of hydrogen-bond acceptors (Lipinski definition) is 3. The predicted molar refractivity (Wildman–Crippen MR) is 77.6 cm³/mol. The van der Waals surface area contributed by atoms with E-state index in [9.17, 15) is 0 Å². The van der Waals surface area contributed by atoms with E-state index in [1.54, 1.807) is 0 Å². The maximum absolute atomic E-state index is 4.51. The van der Waals surface area contributed by atoms with Gasteiger partial charge >= 0.3 is 0 Å². The monoisotopic (exact) mass is 247 g/mol. The molecule has 0 unspecified atom stereocenters. The molecular weight excluding hydrogens is 222 g/mol. The normalized spacial score (nSPS) is 10.9. The van der Waals surface area contributed by atoms with Crippen molar-refractivity contribution < 1.29 is 0 Å². The lowest BCUT2D eigenvalue weighted by Gasteiger charge is -2.18. The first-order valence-corrected chi connectivity index (χ1v) is 6.60. The molecule has 0 aliphatic heterocycles. The van der Waals surface area contributed by atoms with Crippen LogP contribution in [0.15, 0.2) is 30.4 Å². The van der Waals surface area contributed by atoms with E-state index in [0.717, 1.165) is 44.0 Å². The van der Waals surface area contributed by atoms with Crippen molar-refractivity contribution in [3.05, 3.63) is 41.7 Å². The molecule has 0 aliphatic rings. The third-order valence-corrected chi connectivity index (χ3v) is 2.67. The molecule has 0 spiro atoms. The highest BCUT2D eigenvalue weighted by atomic mass is 15.1. The summed E-state index contributed by atoms with van der Waals surface area (Å²) in [5.41, 5.74) is 3.41. The Balaban J connectivity index is 2.32. The highest BCUT2D eigenvalue weighted by Crippen LogP contribution is 2.03. The van der Waals surface area contributed by atoms with E-state index in [1.165, 1.54) is 5.57 Å². The van der Waals surface area contributed by atoms with Crippen LogP contribution < -0.4 is 5.32 Å². The summed E-state index contributed by atoms with van der Waals surface area (Å²) >= 11 is 0. The Morgan fingerprint density at radius 2 is 2.22 bits per heavy atom. The summed E-state index contributed by atoms with van der Waals surface area (Å²) in [6, 6.07) is 6.15. The van der Waals surface area contributed by atoms with Crippen LogP contribution in [0.2, 0.25) is 0 Å². The van der Waals surface area contributed by atoms with E-state index in [-0.39, 0.29) is 0 Å². The van der Waals surface area contributed by atoms with Crippen molar-refractivity contribution in [1.82, 2.24) is 15.2 Å². The van der Waals surface area contributed by atoms with Gasteiger partial charge in [0.1, 0.15) is 0 Å². The maximum Gasteiger partial charge on any atom is 0.0547 e. The molecule has 1 heterocycles. The predicted octanol–water partition coefficient (Wildman–Crippen LogP) is 2.38. The van der Waals surface area contributed by atoms with E-state index >= 15 is 0 Å². The molecule has 0 bridgehead atoms. The van der Waals surface area contributed by atoms with Gasteiger partial charge in [0.05, 0.1) is 5.69 Å². The second-order valence-corrected chi connectivity index (χ2v) is 4.87. The third-order valence-electron chi connectivity index (χ3n) is 2.67. The molecule has 18 heavy (non-hydrogen) atoms. The van der Waals surface area contributed by atoms with Crippen LogP contribution in [-0.4, -0.2) is 36.6 Å². The van der Waals surface area contributed by atoms with Gasteiger partial charge in [0.15, 0.2) is 0 Å². The van der Waals surface area contributed by atoms with Crippen molar-refractivity contribution in [1.29, 1.82) is 0 Å². The van der Waals surface area contributed by atoms with Crippen LogP contribution in [0.1, 0.15) is 24.7 Å². The largest absolute Gasteiger partial charge is 0.313 e. The number of nitrogens with zero attached hydrogens (tertiary/aromatic N) is 2. The first kappa shape index (κ1) is 14.9. The van der Waals surface area contributed by atoms with E-state index in [4.69, 9.17) is 0 Å². The Hall–Kier alpha value is -1.19. The molecule has 100 valence electrons. The molecule has 0 radical (unpaired) electrons. The number of likely N-dealkylation sites (N-methyl/N-ethyl adjacent to an activating group) is 1. The van der Waals surface area contributed by atoms with Gasteiger partial charge in [-0.15, -0.1) is 0 Å². The van der Waals surface area contributed by atoms with Gasteiger partial charge in [-0.1, -0.05) is 19.6 Å². The highest BCUT2D eigenvalue weighted by molar-refractivity contribution is 5.10. The van der Waals surface area contributed by atoms with E-state index < -0.39 is 0 Å². The molecule has 1 rings (SSSR count). The van der Waals surface area contributed by atoms with Gasteiger partial charge in [0.2, 0.25) is 0 Å². The maximum atomic E-state index is 4.51. The minimum atomic E-state index is 0.870. The lowest BCUT2D eigenvalue weighted by atomic mass is 10.2. The van der Waals surface area contributed by atoms with Crippen molar-refractivity contribution in [3.63, 3.8) is 0 Å². The molecule has 1 aromatic rings. The molecule has 3 nitrogen and oxygen atoms in total. The minimum Gasteiger partial charge on any atom is -0.313 e. The van der Waals surface area contributed by atoms with Gasteiger partial charge in [-0.05, 0) is 44.6 Å². The topological polar surface area (TPSA) is 28.2 Å². The SMILES string of the molecule is C=C(CNCCC)CN(C)Cc1cccc(C)n1. The molecule has 1 N–H and O–H groups in total. The summed E-state index contributed by atoms with van der Waals surface area (Å²) in [4.78, 5) is 6.76. The van der Waals surface area contributed by atoms with Gasteiger partial charge in [-0.25, -0.2) is 0 Å². The van der Waals surface area contributed by atoms with Crippen molar-refractivity contribution >= 4 is 0 Å². The van der Waals surface area contributed by atoms with Crippen molar-refractivity contribution in [2.45, 2.75) is 26.8 Å². The molecule has 0 aliphatic carbocycles. The number of aryl methyl sites for hydroxylation is 1. The van der Waals surface area contributed by atoms with Gasteiger partial charge in [-0.2, -0.15) is 0 Å². The standard InChI is InChI=1S/C15H25N3/c1-5-9-16-10-13(2)11-18(4)12-15-8-6-7-14(3)17-15/h6-8,16H,2,5,9-12H2,1,3-4H3. The van der Waals surface area contributed by atoms with Crippen molar-refractivity contribution in [2.75, 3.05) is 26.7 Å². The fourth-order valence-corrected chi connectivity index (χ4v) is 1.90. The molecule has 0 aromatic carbocycles.